The van der Waals surface area contributed by atoms with E-state index in [-0.39, 0.29) is 17.3 Å². The molecule has 0 saturated heterocycles. The van der Waals surface area contributed by atoms with Gasteiger partial charge in [0.05, 0.1) is 22.5 Å². The monoisotopic (exact) mass is 380 g/mol. The molecule has 2 aromatic heterocycles. The van der Waals surface area contributed by atoms with Crippen molar-refractivity contribution >= 4 is 16.9 Å². The lowest BCUT2D eigenvalue weighted by Crippen LogP contribution is -2.26. The van der Waals surface area contributed by atoms with Crippen LogP contribution in [0.5, 0.6) is 5.75 Å². The highest BCUT2D eigenvalue weighted by Crippen LogP contribution is 2.44. The fourth-order valence-corrected chi connectivity index (χ4v) is 3.56. The quantitative estimate of drug-likeness (QED) is 0.237. The molecule has 0 aliphatic heterocycles. The Labute approximate surface area is 159 Å². The van der Waals surface area contributed by atoms with E-state index in [1.165, 1.54) is 16.7 Å². The second-order valence-corrected chi connectivity index (χ2v) is 6.40. The molecule has 0 aliphatic carbocycles. The first kappa shape index (κ1) is 17.7. The highest BCUT2D eigenvalue weighted by Gasteiger charge is 2.27. The summed E-state index contributed by atoms with van der Waals surface area (Å²) in [4.78, 5) is 0. The van der Waals surface area contributed by atoms with Crippen LogP contribution >= 0.6 is 0 Å². The van der Waals surface area contributed by atoms with Crippen LogP contribution in [0.1, 0.15) is 11.5 Å². The molecule has 28 heavy (non-hydrogen) atoms. The molecule has 0 amide bonds. The number of phenolic OH excluding ortho intramolecular Hbond substituents is 1. The third-order valence-electron chi connectivity index (χ3n) is 4.70. The van der Waals surface area contributed by atoms with Crippen LogP contribution in [-0.4, -0.2) is 26.0 Å². The summed E-state index contributed by atoms with van der Waals surface area (Å²) in [6.07, 6.45) is 0. The van der Waals surface area contributed by atoms with Crippen LogP contribution < -0.4 is 5.48 Å². The van der Waals surface area contributed by atoms with E-state index in [2.05, 4.69) is 5.16 Å². The van der Waals surface area contributed by atoms with Gasteiger partial charge in [0.15, 0.2) is 0 Å². The van der Waals surface area contributed by atoms with Crippen molar-refractivity contribution in [3.63, 3.8) is 0 Å². The number of para-hydroxylation sites is 1. The molecule has 0 unspecified atom stereocenters. The molecular formula is C20H17FN4O3. The molecule has 0 aliphatic rings. The zero-order chi connectivity index (χ0) is 20.0. The number of nitrogens with zero attached hydrogens (tertiary/aromatic N) is 2. The first-order valence-electron chi connectivity index (χ1n) is 8.48. The standard InChI is InChI=1S/C20H17FN4O3/c1-10-17(11(2)28-24-10)19-18(13-8-7-12(26)9-15(13)21)14-5-3-4-6-16(14)25(19)20(22)23-27/h3-9,26-27H,1-2H3,(H2,22,23). The van der Waals surface area contributed by atoms with E-state index >= 15 is 0 Å². The van der Waals surface area contributed by atoms with Gasteiger partial charge in [0, 0.05) is 22.6 Å². The first-order chi connectivity index (χ1) is 13.4. The van der Waals surface area contributed by atoms with Gasteiger partial charge >= 0.3 is 0 Å². The highest BCUT2D eigenvalue weighted by molar-refractivity contribution is 6.10. The molecule has 142 valence electrons. The van der Waals surface area contributed by atoms with Gasteiger partial charge in [0.1, 0.15) is 17.3 Å². The predicted octanol–water partition coefficient (Wildman–Crippen LogP) is 4.19. The number of hydrogen-bond donors (Lipinski definition) is 4. The Morgan fingerprint density at radius 1 is 1.18 bits per heavy atom. The summed E-state index contributed by atoms with van der Waals surface area (Å²) >= 11 is 0. The van der Waals surface area contributed by atoms with Crippen molar-refractivity contribution in [3.8, 4) is 28.1 Å². The van der Waals surface area contributed by atoms with Gasteiger partial charge in [-0.15, -0.1) is 0 Å². The van der Waals surface area contributed by atoms with Gasteiger partial charge in [-0.2, -0.15) is 0 Å². The topological polar surface area (TPSA) is 107 Å². The molecule has 0 fully saturated rings. The number of benzene rings is 2. The maximum absolute atomic E-state index is 14.9. The number of halogens is 1. The van der Waals surface area contributed by atoms with E-state index in [4.69, 9.17) is 9.93 Å². The number of fused-ring (bicyclic) bond motifs is 1. The molecule has 8 heteroatoms. The van der Waals surface area contributed by atoms with Gasteiger partial charge < -0.3 is 9.63 Å². The Balaban J connectivity index is 2.23. The summed E-state index contributed by atoms with van der Waals surface area (Å²) in [5.41, 5.74) is 4.81. The molecule has 0 bridgehead atoms. The zero-order valence-corrected chi connectivity index (χ0v) is 15.1. The number of hydroxylamine groups is 1. The van der Waals surface area contributed by atoms with Crippen molar-refractivity contribution in [2.24, 2.45) is 0 Å². The van der Waals surface area contributed by atoms with Gasteiger partial charge in [-0.25, -0.2) is 9.87 Å². The summed E-state index contributed by atoms with van der Waals surface area (Å²) in [5.74, 6) is -0.614. The van der Waals surface area contributed by atoms with Crippen LogP contribution in [0.15, 0.2) is 47.0 Å². The van der Waals surface area contributed by atoms with Gasteiger partial charge in [0.25, 0.3) is 0 Å². The summed E-state index contributed by atoms with van der Waals surface area (Å²) in [6, 6.07) is 11.1. The number of rotatable bonds is 2. The Morgan fingerprint density at radius 3 is 2.57 bits per heavy atom. The molecule has 4 aromatic rings. The second-order valence-electron chi connectivity index (χ2n) is 6.40. The van der Waals surface area contributed by atoms with Crippen LogP contribution in [0.3, 0.4) is 0 Å². The number of aromatic nitrogens is 2. The van der Waals surface area contributed by atoms with E-state index < -0.39 is 5.82 Å². The van der Waals surface area contributed by atoms with E-state index in [9.17, 15) is 14.7 Å². The minimum Gasteiger partial charge on any atom is -0.508 e. The van der Waals surface area contributed by atoms with Gasteiger partial charge in [0.2, 0.25) is 5.96 Å². The normalized spacial score (nSPS) is 11.1. The first-order valence-corrected chi connectivity index (χ1v) is 8.48. The third-order valence-corrected chi connectivity index (χ3v) is 4.70. The summed E-state index contributed by atoms with van der Waals surface area (Å²) < 4.78 is 21.6. The van der Waals surface area contributed by atoms with E-state index in [0.717, 1.165) is 6.07 Å². The van der Waals surface area contributed by atoms with Crippen molar-refractivity contribution < 1.29 is 19.2 Å². The number of aromatic hydroxyl groups is 1. The van der Waals surface area contributed by atoms with E-state index in [1.807, 2.05) is 11.5 Å². The van der Waals surface area contributed by atoms with Crippen molar-refractivity contribution in [1.29, 1.82) is 5.41 Å². The van der Waals surface area contributed by atoms with E-state index in [1.54, 1.807) is 32.0 Å². The second kappa shape index (κ2) is 6.50. The lowest BCUT2D eigenvalue weighted by Gasteiger charge is -2.13. The zero-order valence-electron chi connectivity index (χ0n) is 15.1. The Bertz CT molecular complexity index is 1210. The molecular weight excluding hydrogens is 363 g/mol. The Kier molecular flexibility index (Phi) is 4.12. The third kappa shape index (κ3) is 2.54. The van der Waals surface area contributed by atoms with Crippen molar-refractivity contribution in [2.75, 3.05) is 0 Å². The molecule has 4 N–H and O–H groups in total. The lowest BCUT2D eigenvalue weighted by molar-refractivity contribution is 0.229. The molecule has 0 spiro atoms. The SMILES string of the molecule is Cc1noc(C)c1-c1c(-c2ccc(O)cc2F)c2ccccc2n1C(=N)NO. The fraction of sp³-hybridized carbons (Fsp3) is 0.100. The highest BCUT2D eigenvalue weighted by atomic mass is 19.1. The minimum absolute atomic E-state index is 0.186. The number of hydrogen-bond acceptors (Lipinski definition) is 5. The summed E-state index contributed by atoms with van der Waals surface area (Å²) in [7, 11) is 0. The average molecular weight is 380 g/mol. The number of phenols is 1. The largest absolute Gasteiger partial charge is 0.508 e. The fourth-order valence-electron chi connectivity index (χ4n) is 3.56. The van der Waals surface area contributed by atoms with Gasteiger partial charge in [-0.3, -0.25) is 15.2 Å². The van der Waals surface area contributed by atoms with Crippen LogP contribution in [0.2, 0.25) is 0 Å². The maximum Gasteiger partial charge on any atom is 0.224 e. The summed E-state index contributed by atoms with van der Waals surface area (Å²) in [5, 5.41) is 31.9. The van der Waals surface area contributed by atoms with Crippen molar-refractivity contribution in [1.82, 2.24) is 15.2 Å². The molecule has 0 radical (unpaired) electrons. The number of aryl methyl sites for hydroxylation is 2. The Morgan fingerprint density at radius 2 is 1.93 bits per heavy atom. The summed E-state index contributed by atoms with van der Waals surface area (Å²) in [6.45, 7) is 3.48. The maximum atomic E-state index is 14.9. The smallest absolute Gasteiger partial charge is 0.224 e. The Hall–Kier alpha value is -3.65. The predicted molar refractivity (Wildman–Crippen MR) is 102 cm³/mol. The van der Waals surface area contributed by atoms with Crippen LogP contribution in [0, 0.1) is 25.1 Å². The van der Waals surface area contributed by atoms with Gasteiger partial charge in [-0.05, 0) is 32.0 Å². The average Bonchev–Trinajstić information content (AvgIpc) is 3.18. The van der Waals surface area contributed by atoms with Crippen molar-refractivity contribution in [3.05, 3.63) is 59.7 Å². The van der Waals surface area contributed by atoms with Gasteiger partial charge in [-0.1, -0.05) is 23.4 Å². The molecule has 4 rings (SSSR count). The molecule has 0 saturated carbocycles. The minimum atomic E-state index is -0.612. The lowest BCUT2D eigenvalue weighted by atomic mass is 9.97. The number of nitrogens with one attached hydrogen (secondary N) is 2. The van der Waals surface area contributed by atoms with Crippen LogP contribution in [0.4, 0.5) is 4.39 Å². The molecule has 2 heterocycles. The van der Waals surface area contributed by atoms with Crippen molar-refractivity contribution in [2.45, 2.75) is 13.8 Å². The van der Waals surface area contributed by atoms with Crippen LogP contribution in [0.25, 0.3) is 33.3 Å². The molecule has 2 aromatic carbocycles. The van der Waals surface area contributed by atoms with E-state index in [0.29, 0.717) is 39.2 Å². The molecule has 7 nitrogen and oxygen atoms in total. The van der Waals surface area contributed by atoms with Crippen LogP contribution in [-0.2, 0) is 0 Å². The molecule has 0 atom stereocenters.